The fourth-order valence-electron chi connectivity index (χ4n) is 1.86. The second kappa shape index (κ2) is 6.63. The number of esters is 2. The van der Waals surface area contributed by atoms with Gasteiger partial charge in [0.2, 0.25) is 11.5 Å². The first-order valence-electron chi connectivity index (χ1n) is 6.33. The molecule has 0 aromatic carbocycles. The number of rotatable bonds is 5. The van der Waals surface area contributed by atoms with E-state index in [2.05, 4.69) is 15.5 Å². The summed E-state index contributed by atoms with van der Waals surface area (Å²) >= 11 is 0. The Morgan fingerprint density at radius 1 is 1.09 bits per heavy atom. The van der Waals surface area contributed by atoms with Crippen molar-refractivity contribution >= 4 is 11.9 Å². The van der Waals surface area contributed by atoms with Crippen LogP contribution in [0.2, 0.25) is 0 Å². The molecule has 0 amide bonds. The van der Waals surface area contributed by atoms with Crippen molar-refractivity contribution < 1.29 is 27.9 Å². The minimum atomic E-state index is -0.657. The first kappa shape index (κ1) is 15.4. The number of hydrogen-bond donors (Lipinski definition) is 0. The highest BCUT2D eigenvalue weighted by molar-refractivity contribution is 5.86. The molecule has 1 unspecified atom stereocenters. The predicted molar refractivity (Wildman–Crippen MR) is 72.2 cm³/mol. The van der Waals surface area contributed by atoms with Gasteiger partial charge in [0.1, 0.15) is 17.4 Å². The van der Waals surface area contributed by atoms with Gasteiger partial charge in [-0.3, -0.25) is 0 Å². The average molecular weight is 303 g/mol. The Labute approximate surface area is 126 Å². The Morgan fingerprint density at radius 2 is 1.68 bits per heavy atom. The van der Waals surface area contributed by atoms with Gasteiger partial charge in [-0.05, 0) is 24.3 Å². The lowest BCUT2D eigenvalue weighted by Crippen LogP contribution is -2.01. The third-order valence-corrected chi connectivity index (χ3v) is 2.97. The van der Waals surface area contributed by atoms with Crippen molar-refractivity contribution in [1.82, 2.24) is 0 Å². The van der Waals surface area contributed by atoms with E-state index in [1.165, 1.54) is 32.4 Å². The van der Waals surface area contributed by atoms with Crippen LogP contribution in [-0.4, -0.2) is 26.2 Å². The summed E-state index contributed by atoms with van der Waals surface area (Å²) in [5.41, 5.74) is 0. The van der Waals surface area contributed by atoms with E-state index in [0.29, 0.717) is 11.5 Å². The van der Waals surface area contributed by atoms with Crippen molar-refractivity contribution in [2.45, 2.75) is 12.3 Å². The van der Waals surface area contributed by atoms with Crippen LogP contribution >= 0.6 is 0 Å². The minimum Gasteiger partial charge on any atom is -0.463 e. The molecule has 0 N–H and O–H groups in total. The lowest BCUT2D eigenvalue weighted by atomic mass is 10.0. The van der Waals surface area contributed by atoms with Gasteiger partial charge in [0.05, 0.1) is 20.3 Å². The number of carbonyl (C=O) groups excluding carboxylic acids is 2. The van der Waals surface area contributed by atoms with Gasteiger partial charge in [-0.25, -0.2) is 9.59 Å². The third-order valence-electron chi connectivity index (χ3n) is 2.97. The SMILES string of the molecule is COC(=O)c1ccc(CC(C#N)c2ccc(C(=O)OC)o2)o1. The van der Waals surface area contributed by atoms with Crippen LogP contribution < -0.4 is 0 Å². The van der Waals surface area contributed by atoms with Crippen LogP contribution in [0.5, 0.6) is 0 Å². The van der Waals surface area contributed by atoms with Gasteiger partial charge < -0.3 is 18.3 Å². The van der Waals surface area contributed by atoms with E-state index in [0.717, 1.165) is 0 Å². The number of ether oxygens (including phenoxy) is 2. The van der Waals surface area contributed by atoms with Gasteiger partial charge in [0.15, 0.2) is 0 Å². The Morgan fingerprint density at radius 3 is 2.27 bits per heavy atom. The number of nitrogens with zero attached hydrogens (tertiary/aromatic N) is 1. The molecule has 7 heteroatoms. The molecule has 22 heavy (non-hydrogen) atoms. The van der Waals surface area contributed by atoms with E-state index in [1.54, 1.807) is 6.07 Å². The van der Waals surface area contributed by atoms with E-state index in [1.807, 2.05) is 0 Å². The van der Waals surface area contributed by atoms with Gasteiger partial charge in [0, 0.05) is 6.42 Å². The van der Waals surface area contributed by atoms with Crippen LogP contribution in [0.25, 0.3) is 0 Å². The molecule has 2 heterocycles. The lowest BCUT2D eigenvalue weighted by molar-refractivity contribution is 0.0553. The third kappa shape index (κ3) is 3.17. The van der Waals surface area contributed by atoms with Crippen molar-refractivity contribution in [2.24, 2.45) is 0 Å². The zero-order chi connectivity index (χ0) is 16.1. The van der Waals surface area contributed by atoms with Crippen molar-refractivity contribution in [2.75, 3.05) is 14.2 Å². The van der Waals surface area contributed by atoms with Gasteiger partial charge >= 0.3 is 11.9 Å². The molecule has 114 valence electrons. The van der Waals surface area contributed by atoms with Crippen LogP contribution in [0.15, 0.2) is 33.1 Å². The van der Waals surface area contributed by atoms with E-state index in [9.17, 15) is 14.9 Å². The normalized spacial score (nSPS) is 11.5. The van der Waals surface area contributed by atoms with Crippen LogP contribution in [0, 0.1) is 11.3 Å². The summed E-state index contributed by atoms with van der Waals surface area (Å²) in [5, 5.41) is 9.25. The second-order valence-electron chi connectivity index (χ2n) is 4.34. The molecule has 0 saturated carbocycles. The van der Waals surface area contributed by atoms with Crippen molar-refractivity contribution in [3.8, 4) is 6.07 Å². The summed E-state index contributed by atoms with van der Waals surface area (Å²) in [6, 6.07) is 8.09. The zero-order valence-electron chi connectivity index (χ0n) is 12.0. The standard InChI is InChI=1S/C15H13NO6/c1-19-14(17)12-4-3-10(21-12)7-9(8-16)11-5-6-13(22-11)15(18)20-2/h3-6,9H,7H2,1-2H3. The maximum atomic E-state index is 11.3. The van der Waals surface area contributed by atoms with Gasteiger partial charge in [-0.2, -0.15) is 5.26 Å². The van der Waals surface area contributed by atoms with Gasteiger partial charge in [-0.15, -0.1) is 0 Å². The van der Waals surface area contributed by atoms with Crippen LogP contribution in [0.4, 0.5) is 0 Å². The van der Waals surface area contributed by atoms with Crippen LogP contribution in [0.3, 0.4) is 0 Å². The summed E-state index contributed by atoms with van der Waals surface area (Å²) in [5.74, 6) is -1.03. The van der Waals surface area contributed by atoms with Crippen molar-refractivity contribution in [1.29, 1.82) is 5.26 Å². The smallest absolute Gasteiger partial charge is 0.373 e. The Bertz CT molecular complexity index is 720. The highest BCUT2D eigenvalue weighted by Crippen LogP contribution is 2.24. The largest absolute Gasteiger partial charge is 0.463 e. The fourth-order valence-corrected chi connectivity index (χ4v) is 1.86. The predicted octanol–water partition coefficient (Wildman–Crippen LogP) is 2.30. The molecule has 0 saturated heterocycles. The topological polar surface area (TPSA) is 103 Å². The van der Waals surface area contributed by atoms with Crippen molar-refractivity contribution in [3.05, 3.63) is 47.3 Å². The van der Waals surface area contributed by atoms with E-state index in [4.69, 9.17) is 8.83 Å². The van der Waals surface area contributed by atoms with Gasteiger partial charge in [0.25, 0.3) is 0 Å². The molecule has 0 spiro atoms. The van der Waals surface area contributed by atoms with Crippen molar-refractivity contribution in [3.63, 3.8) is 0 Å². The molecular formula is C15H13NO6. The average Bonchev–Trinajstić information content (AvgIpc) is 3.20. The van der Waals surface area contributed by atoms with Gasteiger partial charge in [-0.1, -0.05) is 0 Å². The summed E-state index contributed by atoms with van der Waals surface area (Å²) in [4.78, 5) is 22.7. The first-order valence-corrected chi connectivity index (χ1v) is 6.33. The Balaban J connectivity index is 2.14. The molecule has 7 nitrogen and oxygen atoms in total. The monoisotopic (exact) mass is 303 g/mol. The first-order chi connectivity index (χ1) is 10.6. The van der Waals surface area contributed by atoms with E-state index < -0.39 is 17.9 Å². The maximum Gasteiger partial charge on any atom is 0.373 e. The molecule has 2 aromatic rings. The number of hydrogen-bond acceptors (Lipinski definition) is 7. The molecule has 0 aliphatic carbocycles. The fraction of sp³-hybridized carbons (Fsp3) is 0.267. The zero-order valence-corrected chi connectivity index (χ0v) is 12.0. The number of methoxy groups -OCH3 is 2. The number of furan rings is 2. The molecule has 2 aromatic heterocycles. The lowest BCUT2D eigenvalue weighted by Gasteiger charge is -2.03. The number of nitriles is 1. The Kier molecular flexibility index (Phi) is 4.63. The maximum absolute atomic E-state index is 11.3. The molecule has 0 radical (unpaired) electrons. The Hall–Kier alpha value is -3.01. The molecule has 2 rings (SSSR count). The van der Waals surface area contributed by atoms with E-state index >= 15 is 0 Å². The molecule has 0 aliphatic heterocycles. The molecule has 0 bridgehead atoms. The summed E-state index contributed by atoms with van der Waals surface area (Å²) < 4.78 is 19.7. The molecular weight excluding hydrogens is 290 g/mol. The second-order valence-corrected chi connectivity index (χ2v) is 4.34. The summed E-state index contributed by atoms with van der Waals surface area (Å²) in [7, 11) is 2.49. The molecule has 0 fully saturated rings. The summed E-state index contributed by atoms with van der Waals surface area (Å²) in [6.07, 6.45) is 0.196. The molecule has 1 atom stereocenters. The molecule has 0 aliphatic rings. The highest BCUT2D eigenvalue weighted by atomic mass is 16.5. The van der Waals surface area contributed by atoms with Crippen LogP contribution in [0.1, 0.15) is 38.5 Å². The highest BCUT2D eigenvalue weighted by Gasteiger charge is 2.21. The summed E-state index contributed by atoms with van der Waals surface area (Å²) in [6.45, 7) is 0. The number of carbonyl (C=O) groups is 2. The minimum absolute atomic E-state index is 0.0208. The quantitative estimate of drug-likeness (QED) is 0.780. The van der Waals surface area contributed by atoms with E-state index in [-0.39, 0.29) is 17.9 Å². The van der Waals surface area contributed by atoms with Crippen LogP contribution in [-0.2, 0) is 15.9 Å².